The Hall–Kier alpha value is -1.76. The van der Waals surface area contributed by atoms with Crippen molar-refractivity contribution in [2.45, 2.75) is 25.9 Å². The summed E-state index contributed by atoms with van der Waals surface area (Å²) < 4.78 is 1.18. The number of thiophene rings is 1. The Kier molecular flexibility index (Phi) is 5.28. The number of hydrogen-bond acceptors (Lipinski definition) is 5. The van der Waals surface area contributed by atoms with Gasteiger partial charge in [0.05, 0.1) is 28.8 Å². The Labute approximate surface area is 150 Å². The molecular weight excluding hydrogens is 338 g/mol. The van der Waals surface area contributed by atoms with E-state index in [0.717, 1.165) is 10.5 Å². The second-order valence-electron chi connectivity index (χ2n) is 5.92. The van der Waals surface area contributed by atoms with Gasteiger partial charge in [-0.1, -0.05) is 18.2 Å². The number of hydrogen-bond donors (Lipinski definition) is 1. The van der Waals surface area contributed by atoms with Gasteiger partial charge in [-0.25, -0.2) is 4.98 Å². The summed E-state index contributed by atoms with van der Waals surface area (Å²) in [7, 11) is 1.96. The fraction of sp³-hybridized carbons (Fsp3) is 0.333. The average molecular weight is 360 g/mol. The molecule has 0 unspecified atom stereocenters. The molecule has 24 heavy (non-hydrogen) atoms. The van der Waals surface area contributed by atoms with E-state index >= 15 is 0 Å². The number of likely N-dealkylation sites (N-methyl/N-ethyl adjacent to an activating group) is 1. The number of para-hydroxylation sites is 1. The third-order valence-corrected chi connectivity index (χ3v) is 6.33. The first-order valence-corrected chi connectivity index (χ1v) is 9.62. The molecule has 3 aromatic rings. The lowest BCUT2D eigenvalue weighted by atomic mass is 10.2. The molecule has 0 aliphatic heterocycles. The molecule has 1 aromatic carbocycles. The molecule has 3 rings (SSSR count). The fourth-order valence-corrected chi connectivity index (χ4v) is 4.34. The smallest absolute Gasteiger partial charge is 0.234 e. The van der Waals surface area contributed by atoms with E-state index in [1.807, 2.05) is 54.6 Å². The zero-order valence-electron chi connectivity index (χ0n) is 14.0. The molecule has 0 saturated heterocycles. The maximum Gasteiger partial charge on any atom is 0.234 e. The van der Waals surface area contributed by atoms with Crippen LogP contribution in [0.4, 0.5) is 0 Å². The first-order valence-electron chi connectivity index (χ1n) is 7.93. The van der Waals surface area contributed by atoms with E-state index in [4.69, 9.17) is 0 Å². The summed E-state index contributed by atoms with van der Waals surface area (Å²) in [6.45, 7) is 4.46. The molecule has 2 aromatic heterocycles. The Bertz CT molecular complexity index is 780. The highest BCUT2D eigenvalue weighted by Gasteiger charge is 2.19. The molecule has 2 heterocycles. The number of amides is 1. The number of thiazole rings is 1. The molecular formula is C18H21N3OS2. The van der Waals surface area contributed by atoms with Crippen molar-refractivity contribution >= 4 is 38.8 Å². The van der Waals surface area contributed by atoms with Crippen molar-refractivity contribution in [3.63, 3.8) is 0 Å². The summed E-state index contributed by atoms with van der Waals surface area (Å²) in [6, 6.07) is 12.3. The van der Waals surface area contributed by atoms with E-state index < -0.39 is 0 Å². The number of benzene rings is 1. The van der Waals surface area contributed by atoms with Gasteiger partial charge in [0, 0.05) is 4.88 Å². The van der Waals surface area contributed by atoms with Crippen LogP contribution in [0.25, 0.3) is 10.2 Å². The van der Waals surface area contributed by atoms with Crippen LogP contribution in [0.2, 0.25) is 0 Å². The first kappa shape index (κ1) is 17.1. The van der Waals surface area contributed by atoms with Crippen LogP contribution in [-0.2, 0) is 4.79 Å². The van der Waals surface area contributed by atoms with Crippen LogP contribution in [0.5, 0.6) is 0 Å². The lowest BCUT2D eigenvalue weighted by Gasteiger charge is -2.23. The standard InChI is InChI=1S/C18H21N3OS2/c1-12(15-9-6-10-23-15)19-17(22)11-21(3)13(2)18-20-14-7-4-5-8-16(14)24-18/h4-10,12-13H,11H2,1-3H3,(H,19,22)/t12-,13+/m1/s1. The SMILES string of the molecule is C[C@@H](NC(=O)CN(C)[C@@H](C)c1nc2ccccc2s1)c1cccs1. The molecule has 4 nitrogen and oxygen atoms in total. The number of fused-ring (bicyclic) bond motifs is 1. The second kappa shape index (κ2) is 7.42. The number of carbonyl (C=O) groups excluding carboxylic acids is 1. The first-order chi connectivity index (χ1) is 11.5. The Morgan fingerprint density at radius 1 is 1.25 bits per heavy atom. The molecule has 0 saturated carbocycles. The van der Waals surface area contributed by atoms with E-state index in [-0.39, 0.29) is 18.0 Å². The largest absolute Gasteiger partial charge is 0.348 e. The summed E-state index contributed by atoms with van der Waals surface area (Å²) in [4.78, 5) is 20.2. The Morgan fingerprint density at radius 3 is 2.75 bits per heavy atom. The van der Waals surface area contributed by atoms with Gasteiger partial charge in [-0.2, -0.15) is 0 Å². The van der Waals surface area contributed by atoms with E-state index in [9.17, 15) is 4.79 Å². The van der Waals surface area contributed by atoms with Gasteiger partial charge in [0.25, 0.3) is 0 Å². The Balaban J connectivity index is 1.61. The number of rotatable bonds is 6. The van der Waals surface area contributed by atoms with Gasteiger partial charge in [-0.15, -0.1) is 22.7 Å². The predicted molar refractivity (Wildman–Crippen MR) is 102 cm³/mol. The van der Waals surface area contributed by atoms with Gasteiger partial charge in [0.15, 0.2) is 0 Å². The summed E-state index contributed by atoms with van der Waals surface area (Å²) in [5, 5.41) is 6.13. The van der Waals surface area contributed by atoms with Crippen molar-refractivity contribution in [3.05, 3.63) is 51.7 Å². The summed E-state index contributed by atoms with van der Waals surface area (Å²) in [6.07, 6.45) is 0. The van der Waals surface area contributed by atoms with Crippen LogP contribution in [-0.4, -0.2) is 29.4 Å². The van der Waals surface area contributed by atoms with E-state index in [1.165, 1.54) is 9.58 Å². The molecule has 0 spiro atoms. The molecule has 126 valence electrons. The normalized spacial score (nSPS) is 14.0. The lowest BCUT2D eigenvalue weighted by Crippen LogP contribution is -2.37. The molecule has 2 atom stereocenters. The van der Waals surface area contributed by atoms with Crippen molar-refractivity contribution in [2.24, 2.45) is 0 Å². The van der Waals surface area contributed by atoms with Crippen LogP contribution in [0, 0.1) is 0 Å². The molecule has 0 bridgehead atoms. The highest BCUT2D eigenvalue weighted by Crippen LogP contribution is 2.28. The van der Waals surface area contributed by atoms with E-state index in [2.05, 4.69) is 23.3 Å². The topological polar surface area (TPSA) is 45.2 Å². The molecule has 0 radical (unpaired) electrons. The van der Waals surface area contributed by atoms with Crippen LogP contribution < -0.4 is 5.32 Å². The maximum atomic E-state index is 12.3. The minimum Gasteiger partial charge on any atom is -0.348 e. The number of nitrogens with zero attached hydrogens (tertiary/aromatic N) is 2. The minimum atomic E-state index is 0.0337. The van der Waals surface area contributed by atoms with Gasteiger partial charge in [0.1, 0.15) is 5.01 Å². The molecule has 1 N–H and O–H groups in total. The molecule has 0 aliphatic carbocycles. The zero-order chi connectivity index (χ0) is 17.1. The van der Waals surface area contributed by atoms with Crippen molar-refractivity contribution in [3.8, 4) is 0 Å². The third-order valence-electron chi connectivity index (χ3n) is 4.07. The lowest BCUT2D eigenvalue weighted by molar-refractivity contribution is -0.123. The monoisotopic (exact) mass is 359 g/mol. The van der Waals surface area contributed by atoms with E-state index in [1.54, 1.807) is 22.7 Å². The third kappa shape index (κ3) is 3.83. The second-order valence-corrected chi connectivity index (χ2v) is 7.96. The van der Waals surface area contributed by atoms with Crippen LogP contribution >= 0.6 is 22.7 Å². The number of carbonyl (C=O) groups is 1. The van der Waals surface area contributed by atoms with Crippen molar-refractivity contribution < 1.29 is 4.79 Å². The zero-order valence-corrected chi connectivity index (χ0v) is 15.7. The van der Waals surface area contributed by atoms with Gasteiger partial charge in [0.2, 0.25) is 5.91 Å². The van der Waals surface area contributed by atoms with Crippen molar-refractivity contribution in [2.75, 3.05) is 13.6 Å². The molecule has 0 fully saturated rings. The van der Waals surface area contributed by atoms with Crippen LogP contribution in [0.3, 0.4) is 0 Å². The maximum absolute atomic E-state index is 12.3. The molecule has 1 amide bonds. The minimum absolute atomic E-state index is 0.0337. The molecule has 6 heteroatoms. The summed E-state index contributed by atoms with van der Waals surface area (Å²) >= 11 is 3.35. The predicted octanol–water partition coefficient (Wildman–Crippen LogP) is 4.23. The summed E-state index contributed by atoms with van der Waals surface area (Å²) in [5.74, 6) is 0.0337. The van der Waals surface area contributed by atoms with Crippen molar-refractivity contribution in [1.82, 2.24) is 15.2 Å². The van der Waals surface area contributed by atoms with Crippen LogP contribution in [0.15, 0.2) is 41.8 Å². The highest BCUT2D eigenvalue weighted by molar-refractivity contribution is 7.18. The van der Waals surface area contributed by atoms with Gasteiger partial charge >= 0.3 is 0 Å². The van der Waals surface area contributed by atoms with Gasteiger partial charge in [-0.3, -0.25) is 9.69 Å². The van der Waals surface area contributed by atoms with Gasteiger partial charge < -0.3 is 5.32 Å². The number of nitrogens with one attached hydrogen (secondary N) is 1. The van der Waals surface area contributed by atoms with Crippen molar-refractivity contribution in [1.29, 1.82) is 0 Å². The highest BCUT2D eigenvalue weighted by atomic mass is 32.1. The quantitative estimate of drug-likeness (QED) is 0.716. The van der Waals surface area contributed by atoms with E-state index in [0.29, 0.717) is 6.54 Å². The fourth-order valence-electron chi connectivity index (χ4n) is 2.52. The number of aromatic nitrogens is 1. The average Bonchev–Trinajstić information content (AvgIpc) is 3.23. The van der Waals surface area contributed by atoms with Gasteiger partial charge in [-0.05, 0) is 44.5 Å². The Morgan fingerprint density at radius 2 is 2.04 bits per heavy atom. The van der Waals surface area contributed by atoms with Crippen LogP contribution in [0.1, 0.15) is 35.8 Å². The summed E-state index contributed by atoms with van der Waals surface area (Å²) in [5.41, 5.74) is 1.02. The molecule has 0 aliphatic rings.